The van der Waals surface area contributed by atoms with E-state index >= 15 is 0 Å². The van der Waals surface area contributed by atoms with Crippen LogP contribution in [0.4, 0.5) is 0 Å². The zero-order valence-corrected chi connectivity index (χ0v) is 14.4. The number of nitrogens with one attached hydrogen (secondary N) is 1. The molecule has 3 unspecified atom stereocenters. The van der Waals surface area contributed by atoms with Gasteiger partial charge in [0.15, 0.2) is 0 Å². The molecule has 3 nitrogen and oxygen atoms in total. The Morgan fingerprint density at radius 1 is 1.00 bits per heavy atom. The first kappa shape index (κ1) is 15.8. The Morgan fingerprint density at radius 2 is 1.71 bits per heavy atom. The molecule has 1 heterocycles. The topological polar surface area (TPSA) is 18.5 Å². The smallest absolute Gasteiger partial charge is 0.0113 e. The fourth-order valence-corrected chi connectivity index (χ4v) is 4.57. The highest BCUT2D eigenvalue weighted by atomic mass is 15.3. The third kappa shape index (κ3) is 4.00. The average molecular weight is 293 g/mol. The Balaban J connectivity index is 1.49. The lowest BCUT2D eigenvalue weighted by atomic mass is 9.73. The molecule has 0 bridgehead atoms. The van der Waals surface area contributed by atoms with Crippen LogP contribution >= 0.6 is 0 Å². The molecule has 3 fully saturated rings. The molecule has 0 aromatic heterocycles. The fourth-order valence-electron chi connectivity index (χ4n) is 4.57. The molecule has 122 valence electrons. The van der Waals surface area contributed by atoms with Gasteiger partial charge in [-0.2, -0.15) is 0 Å². The Bertz CT molecular complexity index is 318. The number of piperazine rings is 1. The van der Waals surface area contributed by atoms with E-state index in [1.165, 1.54) is 64.8 Å². The maximum Gasteiger partial charge on any atom is 0.0113 e. The van der Waals surface area contributed by atoms with Gasteiger partial charge in [-0.3, -0.25) is 4.90 Å². The minimum atomic E-state index is 0.751. The number of rotatable bonds is 5. The summed E-state index contributed by atoms with van der Waals surface area (Å²) >= 11 is 0. The zero-order valence-electron chi connectivity index (χ0n) is 14.4. The van der Waals surface area contributed by atoms with Crippen molar-refractivity contribution < 1.29 is 0 Å². The van der Waals surface area contributed by atoms with Gasteiger partial charge in [-0.25, -0.2) is 0 Å². The SMILES string of the molecule is CNC1CCC(C(C)C)CC1CN1CCN(C2CC2)CC1. The summed E-state index contributed by atoms with van der Waals surface area (Å²) in [5.41, 5.74) is 0. The van der Waals surface area contributed by atoms with E-state index in [9.17, 15) is 0 Å². The standard InChI is InChI=1S/C18H35N3/c1-14(2)15-4-7-18(19-3)16(12-15)13-20-8-10-21(11-9-20)17-5-6-17/h14-19H,4-13H2,1-3H3. The van der Waals surface area contributed by atoms with E-state index < -0.39 is 0 Å². The predicted molar refractivity (Wildman–Crippen MR) is 89.6 cm³/mol. The van der Waals surface area contributed by atoms with Gasteiger partial charge in [-0.15, -0.1) is 0 Å². The monoisotopic (exact) mass is 293 g/mol. The first-order valence-electron chi connectivity index (χ1n) is 9.31. The Hall–Kier alpha value is -0.120. The van der Waals surface area contributed by atoms with E-state index in [2.05, 4.69) is 36.0 Å². The van der Waals surface area contributed by atoms with Crippen molar-refractivity contribution in [1.29, 1.82) is 0 Å². The van der Waals surface area contributed by atoms with Gasteiger partial charge in [0.2, 0.25) is 0 Å². The van der Waals surface area contributed by atoms with Crippen molar-refractivity contribution in [3.8, 4) is 0 Å². The summed E-state index contributed by atoms with van der Waals surface area (Å²) in [6.45, 7) is 11.4. The Morgan fingerprint density at radius 3 is 2.29 bits per heavy atom. The fraction of sp³-hybridized carbons (Fsp3) is 1.00. The molecular weight excluding hydrogens is 258 g/mol. The van der Waals surface area contributed by atoms with Crippen molar-refractivity contribution in [3.05, 3.63) is 0 Å². The second kappa shape index (κ2) is 6.97. The van der Waals surface area contributed by atoms with Crippen LogP contribution in [0, 0.1) is 17.8 Å². The van der Waals surface area contributed by atoms with E-state index in [0.29, 0.717) is 0 Å². The summed E-state index contributed by atoms with van der Waals surface area (Å²) in [5, 5.41) is 3.60. The van der Waals surface area contributed by atoms with Gasteiger partial charge in [0.1, 0.15) is 0 Å². The number of hydrogen-bond acceptors (Lipinski definition) is 3. The van der Waals surface area contributed by atoms with Crippen LogP contribution in [0.25, 0.3) is 0 Å². The van der Waals surface area contributed by atoms with Crippen molar-refractivity contribution in [2.45, 2.75) is 58.0 Å². The molecule has 3 heteroatoms. The summed E-state index contributed by atoms with van der Waals surface area (Å²) in [6, 6.07) is 1.71. The van der Waals surface area contributed by atoms with Gasteiger partial charge in [0.25, 0.3) is 0 Å². The summed E-state index contributed by atoms with van der Waals surface area (Å²) < 4.78 is 0. The highest BCUT2D eigenvalue weighted by Gasteiger charge is 2.34. The van der Waals surface area contributed by atoms with Crippen LogP contribution in [0.3, 0.4) is 0 Å². The molecule has 0 aromatic carbocycles. The molecule has 2 aliphatic carbocycles. The Kier molecular flexibility index (Phi) is 5.23. The van der Waals surface area contributed by atoms with E-state index in [-0.39, 0.29) is 0 Å². The second-order valence-corrected chi connectivity index (χ2v) is 8.04. The van der Waals surface area contributed by atoms with Crippen molar-refractivity contribution in [2.24, 2.45) is 17.8 Å². The molecule has 21 heavy (non-hydrogen) atoms. The van der Waals surface area contributed by atoms with Crippen molar-refractivity contribution in [3.63, 3.8) is 0 Å². The van der Waals surface area contributed by atoms with Crippen LogP contribution in [0.2, 0.25) is 0 Å². The van der Waals surface area contributed by atoms with E-state index in [4.69, 9.17) is 0 Å². The van der Waals surface area contributed by atoms with Crippen LogP contribution in [-0.4, -0.2) is 61.7 Å². The molecule has 1 saturated heterocycles. The van der Waals surface area contributed by atoms with Gasteiger partial charge in [0, 0.05) is 44.8 Å². The molecule has 0 amide bonds. The highest BCUT2D eigenvalue weighted by Crippen LogP contribution is 2.35. The predicted octanol–water partition coefficient (Wildman–Crippen LogP) is 2.43. The summed E-state index contributed by atoms with van der Waals surface area (Å²) in [7, 11) is 2.17. The van der Waals surface area contributed by atoms with E-state index in [1.54, 1.807) is 0 Å². The number of hydrogen-bond donors (Lipinski definition) is 1. The van der Waals surface area contributed by atoms with Crippen molar-refractivity contribution >= 4 is 0 Å². The molecule has 3 atom stereocenters. The van der Waals surface area contributed by atoms with Crippen molar-refractivity contribution in [1.82, 2.24) is 15.1 Å². The number of nitrogens with zero attached hydrogens (tertiary/aromatic N) is 2. The van der Waals surface area contributed by atoms with Crippen LogP contribution in [-0.2, 0) is 0 Å². The molecule has 0 radical (unpaired) electrons. The first-order valence-corrected chi connectivity index (χ1v) is 9.31. The second-order valence-electron chi connectivity index (χ2n) is 8.04. The molecule has 2 saturated carbocycles. The third-order valence-corrected chi connectivity index (χ3v) is 6.30. The minimum absolute atomic E-state index is 0.751. The van der Waals surface area contributed by atoms with E-state index in [1.807, 2.05) is 0 Å². The van der Waals surface area contributed by atoms with Gasteiger partial charge in [-0.1, -0.05) is 13.8 Å². The summed E-state index contributed by atoms with van der Waals surface area (Å²) in [4.78, 5) is 5.47. The van der Waals surface area contributed by atoms with Crippen LogP contribution in [0.5, 0.6) is 0 Å². The van der Waals surface area contributed by atoms with Crippen molar-refractivity contribution in [2.75, 3.05) is 39.8 Å². The zero-order chi connectivity index (χ0) is 14.8. The quantitative estimate of drug-likeness (QED) is 0.840. The van der Waals surface area contributed by atoms with Crippen LogP contribution < -0.4 is 5.32 Å². The van der Waals surface area contributed by atoms with Gasteiger partial charge < -0.3 is 10.2 Å². The maximum absolute atomic E-state index is 3.60. The van der Waals surface area contributed by atoms with Gasteiger partial charge in [0.05, 0.1) is 0 Å². The highest BCUT2D eigenvalue weighted by molar-refractivity contribution is 4.90. The van der Waals surface area contributed by atoms with Gasteiger partial charge in [-0.05, 0) is 56.9 Å². The molecule has 3 aliphatic rings. The van der Waals surface area contributed by atoms with Crippen LogP contribution in [0.1, 0.15) is 46.0 Å². The molecule has 3 rings (SSSR count). The summed E-state index contributed by atoms with van der Waals surface area (Å²) in [6.07, 6.45) is 7.16. The Labute approximate surface area is 131 Å². The molecular formula is C18H35N3. The lowest BCUT2D eigenvalue weighted by Gasteiger charge is -2.42. The average Bonchev–Trinajstić information content (AvgIpc) is 3.32. The third-order valence-electron chi connectivity index (χ3n) is 6.30. The largest absolute Gasteiger partial charge is 0.317 e. The molecule has 0 spiro atoms. The summed E-state index contributed by atoms with van der Waals surface area (Å²) in [5.74, 6) is 2.67. The minimum Gasteiger partial charge on any atom is -0.317 e. The lowest BCUT2D eigenvalue weighted by molar-refractivity contribution is 0.0804. The lowest BCUT2D eigenvalue weighted by Crippen LogP contribution is -2.51. The normalized spacial score (nSPS) is 36.3. The van der Waals surface area contributed by atoms with Crippen LogP contribution in [0.15, 0.2) is 0 Å². The first-order chi connectivity index (χ1) is 10.2. The van der Waals surface area contributed by atoms with Gasteiger partial charge >= 0.3 is 0 Å². The molecule has 1 N–H and O–H groups in total. The molecule has 0 aromatic rings. The maximum atomic E-state index is 3.60. The van der Waals surface area contributed by atoms with E-state index in [0.717, 1.165) is 29.8 Å². The molecule has 1 aliphatic heterocycles.